The van der Waals surface area contributed by atoms with Gasteiger partial charge in [0.25, 0.3) is 0 Å². The predicted octanol–water partition coefficient (Wildman–Crippen LogP) is 0.417. The van der Waals surface area contributed by atoms with E-state index in [0.29, 0.717) is 0 Å². The van der Waals surface area contributed by atoms with E-state index in [2.05, 4.69) is 33.9 Å². The van der Waals surface area contributed by atoms with Crippen molar-refractivity contribution in [1.29, 1.82) is 0 Å². The van der Waals surface area contributed by atoms with Crippen LogP contribution in [-0.2, 0) is 33.4 Å². The van der Waals surface area contributed by atoms with Gasteiger partial charge in [0, 0.05) is 18.2 Å². The first-order valence-corrected chi connectivity index (χ1v) is 4.93. The van der Waals surface area contributed by atoms with Crippen molar-refractivity contribution in [1.82, 2.24) is 0 Å². The molecule has 0 aliphatic rings. The van der Waals surface area contributed by atoms with Gasteiger partial charge in [-0.3, -0.25) is 0 Å². The topological polar surface area (TPSA) is 96.0 Å². The fraction of sp³-hybridized carbons (Fsp3) is 0.167. The van der Waals surface area contributed by atoms with Gasteiger partial charge in [-0.05, 0) is 0 Å². The molecule has 0 bridgehead atoms. The van der Waals surface area contributed by atoms with Gasteiger partial charge in [0.05, 0.1) is 0 Å². The van der Waals surface area contributed by atoms with E-state index in [4.69, 9.17) is 0 Å². The summed E-state index contributed by atoms with van der Waals surface area (Å²) in [6.45, 7) is 9.36. The average Bonchev–Trinajstić information content (AvgIpc) is 2.38. The van der Waals surface area contributed by atoms with Crippen molar-refractivity contribution in [2.45, 2.75) is 12.4 Å². The summed E-state index contributed by atoms with van der Waals surface area (Å²) >= 11 is 0. The predicted molar refractivity (Wildman–Crippen MR) is 62.3 cm³/mol. The third kappa shape index (κ3) is 5.44. The van der Waals surface area contributed by atoms with Crippen molar-refractivity contribution < 1.29 is 33.4 Å². The third-order valence-corrected chi connectivity index (χ3v) is 1.60. The third-order valence-electron chi connectivity index (χ3n) is 1.60. The minimum Gasteiger partial charge on any atom is -0.384 e. The van der Waals surface area contributed by atoms with Gasteiger partial charge in [-0.15, -0.1) is 0 Å². The fourth-order valence-electron chi connectivity index (χ4n) is 0.874. The molecule has 19 heavy (non-hydrogen) atoms. The van der Waals surface area contributed by atoms with Gasteiger partial charge >= 0.3 is 23.9 Å². The summed E-state index contributed by atoms with van der Waals surface area (Å²) in [4.78, 5) is 44.0. The molecule has 102 valence electrons. The lowest BCUT2D eigenvalue weighted by atomic mass is 10.4. The second-order valence-electron chi connectivity index (χ2n) is 2.93. The Morgan fingerprint density at radius 2 is 1.16 bits per heavy atom. The lowest BCUT2D eigenvalue weighted by Gasteiger charge is -2.28. The van der Waals surface area contributed by atoms with Crippen molar-refractivity contribution in [3.63, 3.8) is 0 Å². The quantitative estimate of drug-likeness (QED) is 0.272. The minimum absolute atomic E-state index is 0.239. The monoisotopic (exact) mass is 268 g/mol. The average molecular weight is 268 g/mol. The van der Waals surface area contributed by atoms with Crippen LogP contribution in [0.3, 0.4) is 0 Å². The molecule has 7 nitrogen and oxygen atoms in total. The standard InChI is InChI=1S/C12H12O7/c1-4-9(14)17-12(7-8-13,18-10(15)5-2)19-11(16)6-3/h4-6,8H,1-3,7H2. The summed E-state index contributed by atoms with van der Waals surface area (Å²) in [5.41, 5.74) is 0. The van der Waals surface area contributed by atoms with Crippen LogP contribution in [0.15, 0.2) is 38.0 Å². The Kier molecular flexibility index (Phi) is 6.51. The molecule has 0 unspecified atom stereocenters. The van der Waals surface area contributed by atoms with Crippen LogP contribution in [0.5, 0.6) is 0 Å². The molecular formula is C12H12O7. The molecule has 0 spiro atoms. The molecule has 0 atom stereocenters. The van der Waals surface area contributed by atoms with E-state index in [9.17, 15) is 19.2 Å². The summed E-state index contributed by atoms with van der Waals surface area (Å²) in [5, 5.41) is 0. The number of aldehydes is 1. The molecule has 0 aromatic rings. The zero-order valence-electron chi connectivity index (χ0n) is 10.00. The maximum Gasteiger partial charge on any atom is 0.431 e. The molecular weight excluding hydrogens is 256 g/mol. The summed E-state index contributed by atoms with van der Waals surface area (Å²) in [5.74, 6) is -5.69. The molecule has 0 rings (SSSR count). The van der Waals surface area contributed by atoms with Crippen molar-refractivity contribution in [2.75, 3.05) is 0 Å². The molecule has 0 N–H and O–H groups in total. The SMILES string of the molecule is C=CC(=O)OC(CC=O)(OC(=O)C=C)OC(=O)C=C. The largest absolute Gasteiger partial charge is 0.431 e. The summed E-state index contributed by atoms with van der Waals surface area (Å²) in [6.07, 6.45) is 1.74. The molecule has 0 saturated heterocycles. The van der Waals surface area contributed by atoms with E-state index in [1.165, 1.54) is 0 Å². The summed E-state index contributed by atoms with van der Waals surface area (Å²) in [7, 11) is 0. The Morgan fingerprint density at radius 1 is 0.842 bits per heavy atom. The Balaban J connectivity index is 5.34. The van der Waals surface area contributed by atoms with Gasteiger partial charge in [0.2, 0.25) is 0 Å². The van der Waals surface area contributed by atoms with Crippen molar-refractivity contribution in [3.8, 4) is 0 Å². The van der Waals surface area contributed by atoms with Crippen molar-refractivity contribution in [2.24, 2.45) is 0 Å². The van der Waals surface area contributed by atoms with E-state index in [-0.39, 0.29) is 6.29 Å². The zero-order valence-corrected chi connectivity index (χ0v) is 10.00. The summed E-state index contributed by atoms with van der Waals surface area (Å²) < 4.78 is 13.8. The van der Waals surface area contributed by atoms with Gasteiger partial charge in [-0.1, -0.05) is 19.7 Å². The number of hydrogen-bond acceptors (Lipinski definition) is 7. The van der Waals surface area contributed by atoms with E-state index in [0.717, 1.165) is 18.2 Å². The van der Waals surface area contributed by atoms with E-state index >= 15 is 0 Å². The molecule has 0 fully saturated rings. The highest BCUT2D eigenvalue weighted by molar-refractivity contribution is 5.85. The van der Waals surface area contributed by atoms with Crippen LogP contribution in [0.25, 0.3) is 0 Å². The van der Waals surface area contributed by atoms with Gasteiger partial charge in [-0.2, -0.15) is 0 Å². The highest BCUT2D eigenvalue weighted by atomic mass is 16.9. The highest BCUT2D eigenvalue weighted by Gasteiger charge is 2.42. The molecule has 0 heterocycles. The van der Waals surface area contributed by atoms with Crippen molar-refractivity contribution >= 4 is 24.2 Å². The first kappa shape index (κ1) is 16.3. The molecule has 0 aliphatic heterocycles. The van der Waals surface area contributed by atoms with Gasteiger partial charge in [0.15, 0.2) is 0 Å². The number of esters is 3. The Morgan fingerprint density at radius 3 is 1.37 bits per heavy atom. The Bertz CT molecular complexity index is 367. The number of ether oxygens (including phenoxy) is 3. The first-order chi connectivity index (χ1) is 8.92. The molecule has 0 radical (unpaired) electrons. The zero-order chi connectivity index (χ0) is 14.9. The minimum atomic E-state index is -2.51. The van der Waals surface area contributed by atoms with E-state index in [1.54, 1.807) is 0 Å². The number of carbonyl (C=O) groups is 4. The van der Waals surface area contributed by atoms with E-state index < -0.39 is 30.3 Å². The van der Waals surface area contributed by atoms with Gasteiger partial charge in [-0.25, -0.2) is 14.4 Å². The lowest BCUT2D eigenvalue weighted by molar-refractivity contribution is -0.321. The normalized spacial score (nSPS) is 9.68. The number of carbonyl (C=O) groups excluding carboxylic acids is 4. The van der Waals surface area contributed by atoms with Gasteiger partial charge < -0.3 is 19.0 Å². The number of hydrogen-bond donors (Lipinski definition) is 0. The smallest absolute Gasteiger partial charge is 0.384 e. The fourth-order valence-corrected chi connectivity index (χ4v) is 0.874. The highest BCUT2D eigenvalue weighted by Crippen LogP contribution is 2.21. The molecule has 0 aliphatic carbocycles. The molecule has 0 amide bonds. The van der Waals surface area contributed by atoms with Crippen LogP contribution in [0.1, 0.15) is 6.42 Å². The van der Waals surface area contributed by atoms with Crippen molar-refractivity contribution in [3.05, 3.63) is 38.0 Å². The maximum atomic E-state index is 11.2. The molecule has 0 saturated carbocycles. The molecule has 7 heteroatoms. The second-order valence-corrected chi connectivity index (χ2v) is 2.93. The van der Waals surface area contributed by atoms with E-state index in [1.807, 2.05) is 0 Å². The van der Waals surface area contributed by atoms with Crippen LogP contribution in [0, 0.1) is 0 Å². The molecule has 0 aromatic carbocycles. The first-order valence-electron chi connectivity index (χ1n) is 4.93. The van der Waals surface area contributed by atoms with Gasteiger partial charge in [0.1, 0.15) is 12.7 Å². The van der Waals surface area contributed by atoms with Crippen LogP contribution in [-0.4, -0.2) is 30.2 Å². The number of rotatable bonds is 8. The van der Waals surface area contributed by atoms with Crippen LogP contribution < -0.4 is 0 Å². The Labute approximate surface area is 109 Å². The van der Waals surface area contributed by atoms with Crippen LogP contribution in [0.2, 0.25) is 0 Å². The summed E-state index contributed by atoms with van der Waals surface area (Å²) in [6, 6.07) is 0. The van der Waals surface area contributed by atoms with Crippen LogP contribution in [0.4, 0.5) is 0 Å². The maximum absolute atomic E-state index is 11.2. The lowest BCUT2D eigenvalue weighted by Crippen LogP contribution is -2.44. The Hall–Kier alpha value is -2.70. The van der Waals surface area contributed by atoms with Crippen LogP contribution >= 0.6 is 0 Å². The molecule has 0 aromatic heterocycles. The second kappa shape index (κ2) is 7.59.